The van der Waals surface area contributed by atoms with Crippen LogP contribution < -0.4 is 5.32 Å². The van der Waals surface area contributed by atoms with Gasteiger partial charge in [0.25, 0.3) is 0 Å². The Morgan fingerprint density at radius 1 is 0.906 bits per heavy atom. The number of anilines is 1. The Bertz CT molecular complexity index is 1230. The summed E-state index contributed by atoms with van der Waals surface area (Å²) in [6.45, 7) is 8.05. The van der Waals surface area contributed by atoms with Crippen LogP contribution >= 0.6 is 11.8 Å². The highest BCUT2D eigenvalue weighted by molar-refractivity contribution is 8.00. The van der Waals surface area contributed by atoms with Gasteiger partial charge in [-0.25, -0.2) is 0 Å². The molecular weight excluding hydrogens is 418 g/mol. The fourth-order valence-electron chi connectivity index (χ4n) is 3.61. The lowest BCUT2D eigenvalue weighted by Gasteiger charge is -2.18. The van der Waals surface area contributed by atoms with Crippen LogP contribution in [0.4, 0.5) is 5.69 Å². The maximum atomic E-state index is 13.5. The molecule has 32 heavy (non-hydrogen) atoms. The predicted molar refractivity (Wildman–Crippen MR) is 128 cm³/mol. The predicted octanol–water partition coefficient (Wildman–Crippen LogP) is 5.37. The number of nitrogens with zero attached hydrogens (tertiary/aromatic N) is 4. The normalized spacial score (nSPS) is 11.9. The van der Waals surface area contributed by atoms with E-state index in [0.29, 0.717) is 5.16 Å². The molecule has 162 valence electrons. The van der Waals surface area contributed by atoms with Crippen molar-refractivity contribution in [3.63, 3.8) is 0 Å². The van der Waals surface area contributed by atoms with Crippen LogP contribution in [-0.2, 0) is 4.79 Å². The summed E-state index contributed by atoms with van der Waals surface area (Å²) in [5.74, 6) is -0.119. The number of carbonyl (C=O) groups excluding carboxylic acids is 1. The summed E-state index contributed by atoms with van der Waals surface area (Å²) in [4.78, 5) is 13.5. The molecular formula is C25H25N5OS. The lowest BCUT2D eigenvalue weighted by molar-refractivity contribution is -0.115. The number of aromatic nitrogens is 4. The van der Waals surface area contributed by atoms with E-state index in [9.17, 15) is 4.79 Å². The quantitative estimate of drug-likeness (QED) is 0.406. The summed E-state index contributed by atoms with van der Waals surface area (Å²) < 4.78 is 1.72. The van der Waals surface area contributed by atoms with Crippen molar-refractivity contribution in [3.8, 4) is 5.69 Å². The molecule has 0 saturated carbocycles. The Labute approximate surface area is 192 Å². The van der Waals surface area contributed by atoms with Gasteiger partial charge in [-0.1, -0.05) is 72.4 Å². The molecule has 1 heterocycles. The van der Waals surface area contributed by atoms with Crippen LogP contribution in [0.3, 0.4) is 0 Å². The van der Waals surface area contributed by atoms with E-state index in [-0.39, 0.29) is 5.91 Å². The molecule has 0 aliphatic rings. The third-order valence-corrected chi connectivity index (χ3v) is 6.49. The Morgan fingerprint density at radius 2 is 1.62 bits per heavy atom. The standard InChI is InChI=1S/C25H25N5OS/c1-16-13-14-17(2)21(15-16)26-24(31)23(20-11-6-5-7-12-20)32-25-27-28-29-30(25)22-18(3)9-8-10-19(22)4/h5-15,23H,1-4H3,(H,26,31). The number of benzene rings is 3. The highest BCUT2D eigenvalue weighted by Gasteiger charge is 2.26. The monoisotopic (exact) mass is 443 g/mol. The van der Waals surface area contributed by atoms with E-state index in [1.165, 1.54) is 11.8 Å². The molecule has 0 aliphatic carbocycles. The van der Waals surface area contributed by atoms with Crippen LogP contribution in [-0.4, -0.2) is 26.1 Å². The van der Waals surface area contributed by atoms with Gasteiger partial charge in [0.05, 0.1) is 5.69 Å². The van der Waals surface area contributed by atoms with Gasteiger partial charge in [-0.2, -0.15) is 4.68 Å². The number of hydrogen-bond acceptors (Lipinski definition) is 5. The minimum atomic E-state index is -0.523. The van der Waals surface area contributed by atoms with E-state index >= 15 is 0 Å². The Hall–Kier alpha value is -3.45. The maximum Gasteiger partial charge on any atom is 0.242 e. The summed E-state index contributed by atoms with van der Waals surface area (Å²) >= 11 is 1.34. The fraction of sp³-hybridized carbons (Fsp3) is 0.200. The third kappa shape index (κ3) is 4.57. The Morgan fingerprint density at radius 3 is 2.34 bits per heavy atom. The maximum absolute atomic E-state index is 13.5. The highest BCUT2D eigenvalue weighted by Crippen LogP contribution is 2.36. The molecule has 0 fully saturated rings. The minimum Gasteiger partial charge on any atom is -0.325 e. The molecule has 6 nitrogen and oxygen atoms in total. The molecule has 0 radical (unpaired) electrons. The van der Waals surface area contributed by atoms with Crippen molar-refractivity contribution in [1.29, 1.82) is 0 Å². The van der Waals surface area contributed by atoms with Gasteiger partial charge in [-0.15, -0.1) is 5.10 Å². The molecule has 4 aromatic rings. The number of hydrogen-bond donors (Lipinski definition) is 1. The first-order chi connectivity index (χ1) is 15.4. The molecule has 3 aromatic carbocycles. The summed E-state index contributed by atoms with van der Waals surface area (Å²) in [7, 11) is 0. The number of amides is 1. The second kappa shape index (κ2) is 9.36. The first kappa shape index (κ1) is 21.8. The smallest absolute Gasteiger partial charge is 0.242 e. The van der Waals surface area contributed by atoms with Crippen LogP contribution in [0.2, 0.25) is 0 Å². The molecule has 1 unspecified atom stereocenters. The van der Waals surface area contributed by atoms with Crippen molar-refractivity contribution in [1.82, 2.24) is 20.2 Å². The SMILES string of the molecule is Cc1ccc(C)c(NC(=O)C(Sc2nnnn2-c2c(C)cccc2C)c2ccccc2)c1. The number of carbonyl (C=O) groups is 1. The van der Waals surface area contributed by atoms with Crippen molar-refractivity contribution in [3.05, 3.63) is 94.5 Å². The van der Waals surface area contributed by atoms with Crippen molar-refractivity contribution in [2.75, 3.05) is 5.32 Å². The molecule has 0 spiro atoms. The van der Waals surface area contributed by atoms with E-state index in [1.54, 1.807) is 4.68 Å². The van der Waals surface area contributed by atoms with Crippen molar-refractivity contribution in [2.45, 2.75) is 38.1 Å². The van der Waals surface area contributed by atoms with Crippen LogP contribution in [0.1, 0.15) is 33.1 Å². The molecule has 1 amide bonds. The summed E-state index contributed by atoms with van der Waals surface area (Å²) in [5, 5.41) is 15.5. The average Bonchev–Trinajstić information content (AvgIpc) is 3.23. The van der Waals surface area contributed by atoms with Gasteiger partial charge in [0.2, 0.25) is 11.1 Å². The molecule has 1 atom stereocenters. The zero-order valence-electron chi connectivity index (χ0n) is 18.5. The zero-order valence-corrected chi connectivity index (χ0v) is 19.4. The van der Waals surface area contributed by atoms with Crippen LogP contribution in [0.25, 0.3) is 5.69 Å². The number of tetrazole rings is 1. The van der Waals surface area contributed by atoms with Crippen molar-refractivity contribution >= 4 is 23.4 Å². The summed E-state index contributed by atoms with van der Waals surface area (Å²) in [6.07, 6.45) is 0. The van der Waals surface area contributed by atoms with E-state index in [0.717, 1.165) is 39.2 Å². The van der Waals surface area contributed by atoms with E-state index in [4.69, 9.17) is 0 Å². The molecule has 0 bridgehead atoms. The number of rotatable bonds is 6. The van der Waals surface area contributed by atoms with Crippen molar-refractivity contribution in [2.24, 2.45) is 0 Å². The Balaban J connectivity index is 1.70. The van der Waals surface area contributed by atoms with Gasteiger partial charge in [0, 0.05) is 5.69 Å². The van der Waals surface area contributed by atoms with Gasteiger partial charge in [0.1, 0.15) is 5.25 Å². The van der Waals surface area contributed by atoms with Crippen LogP contribution in [0.5, 0.6) is 0 Å². The summed E-state index contributed by atoms with van der Waals surface area (Å²) in [6, 6.07) is 21.8. The van der Waals surface area contributed by atoms with Gasteiger partial charge in [0.15, 0.2) is 0 Å². The summed E-state index contributed by atoms with van der Waals surface area (Å²) in [5.41, 5.74) is 6.87. The molecule has 1 N–H and O–H groups in total. The molecule has 0 aliphatic heterocycles. The minimum absolute atomic E-state index is 0.119. The van der Waals surface area contributed by atoms with Gasteiger partial charge in [-0.3, -0.25) is 4.79 Å². The van der Waals surface area contributed by atoms with Crippen LogP contribution in [0, 0.1) is 27.7 Å². The van der Waals surface area contributed by atoms with Crippen LogP contribution in [0.15, 0.2) is 71.9 Å². The zero-order chi connectivity index (χ0) is 22.7. The highest BCUT2D eigenvalue weighted by atomic mass is 32.2. The molecule has 0 saturated heterocycles. The topological polar surface area (TPSA) is 72.7 Å². The molecule has 1 aromatic heterocycles. The Kier molecular flexibility index (Phi) is 6.37. The van der Waals surface area contributed by atoms with Gasteiger partial charge >= 0.3 is 0 Å². The van der Waals surface area contributed by atoms with E-state index in [2.05, 4.69) is 20.8 Å². The average molecular weight is 444 g/mol. The number of aryl methyl sites for hydroxylation is 4. The number of para-hydroxylation sites is 1. The largest absolute Gasteiger partial charge is 0.325 e. The van der Waals surface area contributed by atoms with E-state index in [1.807, 2.05) is 94.4 Å². The van der Waals surface area contributed by atoms with Gasteiger partial charge < -0.3 is 5.32 Å². The third-order valence-electron chi connectivity index (χ3n) is 5.31. The molecule has 7 heteroatoms. The van der Waals surface area contributed by atoms with Crippen molar-refractivity contribution < 1.29 is 4.79 Å². The lowest BCUT2D eigenvalue weighted by atomic mass is 10.1. The first-order valence-corrected chi connectivity index (χ1v) is 11.3. The second-order valence-electron chi connectivity index (χ2n) is 7.83. The fourth-order valence-corrected chi connectivity index (χ4v) is 4.59. The second-order valence-corrected chi connectivity index (χ2v) is 8.90. The molecule has 4 rings (SSSR count). The lowest BCUT2D eigenvalue weighted by Crippen LogP contribution is -2.20. The number of nitrogens with one attached hydrogen (secondary N) is 1. The number of thioether (sulfide) groups is 1. The van der Waals surface area contributed by atoms with E-state index < -0.39 is 5.25 Å². The first-order valence-electron chi connectivity index (χ1n) is 10.4. The van der Waals surface area contributed by atoms with Gasteiger partial charge in [-0.05, 0) is 72.0 Å².